The Kier molecular flexibility index (Phi) is 2.38. The average molecular weight is 169 g/mol. The number of carbonyl (C=O) groups excluding carboxylic acids is 1. The predicted molar refractivity (Wildman–Crippen MR) is 45.1 cm³/mol. The maximum atomic E-state index is 10.3. The molecule has 1 aliphatic carbocycles. The van der Waals surface area contributed by atoms with Gasteiger partial charge in [0.05, 0.1) is 4.86 Å². The quantitative estimate of drug-likeness (QED) is 0.602. The molecule has 1 rings (SSSR count). The summed E-state index contributed by atoms with van der Waals surface area (Å²) in [6.45, 7) is 0. The topological polar surface area (TPSA) is 52.3 Å². The van der Waals surface area contributed by atoms with Gasteiger partial charge < -0.3 is 10.5 Å². The number of hydrogen-bond acceptors (Lipinski definition) is 3. The lowest BCUT2D eigenvalue weighted by Gasteiger charge is -2.07. The van der Waals surface area contributed by atoms with Gasteiger partial charge in [0.1, 0.15) is 5.76 Å². The van der Waals surface area contributed by atoms with Crippen LogP contribution in [0.3, 0.4) is 0 Å². The molecule has 2 N–H and O–H groups in total. The van der Waals surface area contributed by atoms with Gasteiger partial charge in [0, 0.05) is 6.42 Å². The molecule has 1 amide bonds. The van der Waals surface area contributed by atoms with Crippen molar-refractivity contribution < 1.29 is 9.53 Å². The summed E-state index contributed by atoms with van der Waals surface area (Å²) in [4.78, 5) is 10.9. The first-order valence-corrected chi connectivity index (χ1v) is 3.48. The minimum absolute atomic E-state index is 0.384. The third-order valence-corrected chi connectivity index (χ3v) is 1.54. The van der Waals surface area contributed by atoms with E-state index < -0.39 is 6.09 Å². The number of primary amides is 1. The van der Waals surface area contributed by atoms with Gasteiger partial charge in [0.25, 0.3) is 0 Å². The SMILES string of the molecule is NC(=O)OC1=CC=CCC1=S. The maximum Gasteiger partial charge on any atom is 0.410 e. The summed E-state index contributed by atoms with van der Waals surface area (Å²) in [5.41, 5.74) is 4.80. The fraction of sp³-hybridized carbons (Fsp3) is 0.143. The van der Waals surface area contributed by atoms with Crippen molar-refractivity contribution in [3.05, 3.63) is 24.0 Å². The van der Waals surface area contributed by atoms with E-state index >= 15 is 0 Å². The van der Waals surface area contributed by atoms with Crippen molar-refractivity contribution in [1.82, 2.24) is 0 Å². The maximum absolute atomic E-state index is 10.3. The lowest BCUT2D eigenvalue weighted by atomic mass is 10.2. The van der Waals surface area contributed by atoms with E-state index in [1.165, 1.54) is 0 Å². The van der Waals surface area contributed by atoms with Crippen molar-refractivity contribution in [2.45, 2.75) is 6.42 Å². The third-order valence-electron chi connectivity index (χ3n) is 1.17. The number of nitrogens with two attached hydrogens (primary N) is 1. The monoisotopic (exact) mass is 169 g/mol. The molecule has 1 aliphatic rings. The first-order valence-electron chi connectivity index (χ1n) is 3.07. The lowest BCUT2D eigenvalue weighted by molar-refractivity contribution is 0.192. The smallest absolute Gasteiger partial charge is 0.409 e. The molecule has 0 unspecified atom stereocenters. The van der Waals surface area contributed by atoms with Crippen LogP contribution in [-0.2, 0) is 4.74 Å². The standard InChI is InChI=1S/C7H7NO2S/c8-7(9)10-5-3-1-2-4-6(5)11/h1-3H,4H2,(H2,8,9). The predicted octanol–water partition coefficient (Wildman–Crippen LogP) is 1.30. The van der Waals surface area contributed by atoms with Crippen molar-refractivity contribution in [3.8, 4) is 0 Å². The van der Waals surface area contributed by atoms with Crippen LogP contribution in [0.2, 0.25) is 0 Å². The van der Waals surface area contributed by atoms with Crippen LogP contribution < -0.4 is 5.73 Å². The van der Waals surface area contributed by atoms with Crippen LogP contribution in [0.1, 0.15) is 6.42 Å². The second kappa shape index (κ2) is 3.30. The van der Waals surface area contributed by atoms with Gasteiger partial charge >= 0.3 is 6.09 Å². The fourth-order valence-corrected chi connectivity index (χ4v) is 0.929. The van der Waals surface area contributed by atoms with E-state index in [-0.39, 0.29) is 0 Å². The van der Waals surface area contributed by atoms with Crippen molar-refractivity contribution in [1.29, 1.82) is 0 Å². The molecule has 0 aromatic carbocycles. The van der Waals surface area contributed by atoms with Crippen LogP contribution in [0.15, 0.2) is 24.0 Å². The first kappa shape index (κ1) is 7.94. The first-order chi connectivity index (χ1) is 5.20. The van der Waals surface area contributed by atoms with Gasteiger partial charge in [-0.05, 0) is 6.08 Å². The van der Waals surface area contributed by atoms with E-state index in [1.807, 2.05) is 6.08 Å². The van der Waals surface area contributed by atoms with Crippen molar-refractivity contribution in [2.75, 3.05) is 0 Å². The summed E-state index contributed by atoms with van der Waals surface area (Å²) >= 11 is 4.89. The zero-order valence-corrected chi connectivity index (χ0v) is 6.56. The number of rotatable bonds is 1. The van der Waals surface area contributed by atoms with E-state index in [1.54, 1.807) is 12.2 Å². The minimum Gasteiger partial charge on any atom is -0.409 e. The summed E-state index contributed by atoms with van der Waals surface area (Å²) in [6.07, 6.45) is 5.09. The summed E-state index contributed by atoms with van der Waals surface area (Å²) in [5.74, 6) is 0.384. The van der Waals surface area contributed by atoms with Gasteiger partial charge in [-0.2, -0.15) is 0 Å². The molecule has 4 heteroatoms. The molecule has 0 heterocycles. The van der Waals surface area contributed by atoms with E-state index in [0.717, 1.165) is 0 Å². The Hall–Kier alpha value is -1.16. The summed E-state index contributed by atoms with van der Waals surface area (Å²) < 4.78 is 4.61. The van der Waals surface area contributed by atoms with E-state index in [9.17, 15) is 4.79 Å². The van der Waals surface area contributed by atoms with Crippen LogP contribution in [-0.4, -0.2) is 11.0 Å². The highest BCUT2D eigenvalue weighted by molar-refractivity contribution is 7.80. The molecule has 0 aromatic heterocycles. The normalized spacial score (nSPS) is 16.0. The Balaban J connectivity index is 2.68. The molecule has 0 aliphatic heterocycles. The number of ether oxygens (including phenoxy) is 1. The molecular weight excluding hydrogens is 162 g/mol. The van der Waals surface area contributed by atoms with Crippen LogP contribution in [0, 0.1) is 0 Å². The zero-order valence-electron chi connectivity index (χ0n) is 5.74. The molecule has 11 heavy (non-hydrogen) atoms. The Labute approximate surface area is 69.5 Å². The molecular formula is C7H7NO2S. The summed E-state index contributed by atoms with van der Waals surface area (Å²) in [5, 5.41) is 0. The second-order valence-corrected chi connectivity index (χ2v) is 2.50. The van der Waals surface area contributed by atoms with E-state index in [0.29, 0.717) is 17.0 Å². The molecule has 0 atom stereocenters. The highest BCUT2D eigenvalue weighted by Crippen LogP contribution is 2.10. The molecule has 3 nitrogen and oxygen atoms in total. The third kappa shape index (κ3) is 2.16. The number of amides is 1. The van der Waals surface area contributed by atoms with Crippen molar-refractivity contribution in [3.63, 3.8) is 0 Å². The van der Waals surface area contributed by atoms with Gasteiger partial charge in [0.15, 0.2) is 0 Å². The highest BCUT2D eigenvalue weighted by Gasteiger charge is 2.09. The van der Waals surface area contributed by atoms with Gasteiger partial charge in [0.2, 0.25) is 0 Å². The number of carbonyl (C=O) groups is 1. The molecule has 0 radical (unpaired) electrons. The molecule has 0 spiro atoms. The fourth-order valence-electron chi connectivity index (χ4n) is 0.723. The highest BCUT2D eigenvalue weighted by atomic mass is 32.1. The van der Waals surface area contributed by atoms with Crippen molar-refractivity contribution in [2.24, 2.45) is 5.73 Å². The minimum atomic E-state index is -0.825. The second-order valence-electron chi connectivity index (χ2n) is 2.01. The Bertz CT molecular complexity index is 255. The van der Waals surface area contributed by atoms with E-state index in [2.05, 4.69) is 4.74 Å². The number of allylic oxidation sites excluding steroid dienone is 4. The van der Waals surface area contributed by atoms with Crippen LogP contribution in [0.25, 0.3) is 0 Å². The lowest BCUT2D eigenvalue weighted by Crippen LogP contribution is -2.16. The van der Waals surface area contributed by atoms with Crippen LogP contribution in [0.5, 0.6) is 0 Å². The average Bonchev–Trinajstić information content (AvgIpc) is 1.93. The van der Waals surface area contributed by atoms with Gasteiger partial charge in [-0.3, -0.25) is 0 Å². The van der Waals surface area contributed by atoms with Crippen LogP contribution >= 0.6 is 12.2 Å². The van der Waals surface area contributed by atoms with Gasteiger partial charge in [-0.1, -0.05) is 24.4 Å². The summed E-state index contributed by atoms with van der Waals surface area (Å²) in [7, 11) is 0. The molecule has 0 fully saturated rings. The van der Waals surface area contributed by atoms with Crippen LogP contribution in [0.4, 0.5) is 4.79 Å². The van der Waals surface area contributed by atoms with Crippen molar-refractivity contribution >= 4 is 23.2 Å². The molecule has 0 aromatic rings. The largest absolute Gasteiger partial charge is 0.410 e. The molecule has 58 valence electrons. The van der Waals surface area contributed by atoms with Gasteiger partial charge in [-0.15, -0.1) is 0 Å². The number of thiocarbonyl (C=S) groups is 1. The zero-order chi connectivity index (χ0) is 8.27. The molecule has 0 saturated carbocycles. The molecule has 0 saturated heterocycles. The Morgan fingerprint density at radius 3 is 3.00 bits per heavy atom. The molecule has 0 bridgehead atoms. The summed E-state index contributed by atoms with van der Waals surface area (Å²) in [6, 6.07) is 0. The van der Waals surface area contributed by atoms with Gasteiger partial charge in [-0.25, -0.2) is 4.79 Å². The Morgan fingerprint density at radius 1 is 1.73 bits per heavy atom. The number of hydrogen-bond donors (Lipinski definition) is 1. The Morgan fingerprint density at radius 2 is 2.45 bits per heavy atom. The van der Waals surface area contributed by atoms with E-state index in [4.69, 9.17) is 18.0 Å².